The van der Waals surface area contributed by atoms with Crippen LogP contribution in [0.1, 0.15) is 45.2 Å². The highest BCUT2D eigenvalue weighted by Crippen LogP contribution is 2.34. The minimum atomic E-state index is 0.358. The van der Waals surface area contributed by atoms with Crippen LogP contribution in [0.15, 0.2) is 24.3 Å². The van der Waals surface area contributed by atoms with E-state index in [1.54, 1.807) is 6.07 Å². The van der Waals surface area contributed by atoms with Gasteiger partial charge >= 0.3 is 0 Å². The molecule has 2 heteroatoms. The van der Waals surface area contributed by atoms with Crippen molar-refractivity contribution in [3.63, 3.8) is 0 Å². The normalized spacial score (nSPS) is 27.1. The molecule has 1 heterocycles. The summed E-state index contributed by atoms with van der Waals surface area (Å²) in [4.78, 5) is 2.55. The van der Waals surface area contributed by atoms with Crippen LogP contribution in [0.2, 0.25) is 0 Å². The number of aromatic hydroxyl groups is 1. The minimum Gasteiger partial charge on any atom is -0.508 e. The Labute approximate surface area is 111 Å². The number of piperidine rings is 1. The summed E-state index contributed by atoms with van der Waals surface area (Å²) in [7, 11) is 0. The maximum atomic E-state index is 10.0. The third kappa shape index (κ3) is 2.86. The van der Waals surface area contributed by atoms with Gasteiger partial charge in [0.05, 0.1) is 0 Å². The number of para-hydroxylation sites is 1. The van der Waals surface area contributed by atoms with Crippen molar-refractivity contribution in [2.75, 3.05) is 13.1 Å². The zero-order valence-corrected chi connectivity index (χ0v) is 11.8. The molecule has 3 unspecified atom stereocenters. The lowest BCUT2D eigenvalue weighted by Crippen LogP contribution is -2.40. The Bertz CT molecular complexity index is 380. The standard InChI is InChI=1S/C16H25NO/c1-4-15(14-7-5-6-8-16(14)18)17-10-12(2)9-13(3)11-17/h5-8,12-13,15,18H,4,9-11H2,1-3H3. The molecule has 0 aliphatic carbocycles. The van der Waals surface area contributed by atoms with Gasteiger partial charge in [0.25, 0.3) is 0 Å². The van der Waals surface area contributed by atoms with E-state index in [9.17, 15) is 5.11 Å². The molecule has 1 aromatic carbocycles. The van der Waals surface area contributed by atoms with Crippen LogP contribution in [-0.2, 0) is 0 Å². The number of hydrogen-bond acceptors (Lipinski definition) is 2. The zero-order valence-electron chi connectivity index (χ0n) is 11.8. The second-order valence-electron chi connectivity index (χ2n) is 5.88. The van der Waals surface area contributed by atoms with Gasteiger partial charge in [-0.25, -0.2) is 0 Å². The molecule has 18 heavy (non-hydrogen) atoms. The van der Waals surface area contributed by atoms with Gasteiger partial charge in [-0.1, -0.05) is 39.0 Å². The Hall–Kier alpha value is -1.02. The molecule has 0 radical (unpaired) electrons. The molecule has 1 aliphatic heterocycles. The molecular weight excluding hydrogens is 222 g/mol. The largest absolute Gasteiger partial charge is 0.508 e. The van der Waals surface area contributed by atoms with Crippen molar-refractivity contribution < 1.29 is 5.11 Å². The predicted octanol–water partition coefficient (Wildman–Crippen LogP) is 3.82. The molecule has 1 fully saturated rings. The van der Waals surface area contributed by atoms with E-state index in [2.05, 4.69) is 31.7 Å². The van der Waals surface area contributed by atoms with E-state index < -0.39 is 0 Å². The Morgan fingerprint density at radius 1 is 1.22 bits per heavy atom. The highest BCUT2D eigenvalue weighted by molar-refractivity contribution is 5.34. The second-order valence-corrected chi connectivity index (χ2v) is 5.88. The van der Waals surface area contributed by atoms with Crippen molar-refractivity contribution in [2.45, 2.75) is 39.7 Å². The van der Waals surface area contributed by atoms with Crippen molar-refractivity contribution >= 4 is 0 Å². The maximum Gasteiger partial charge on any atom is 0.120 e. The smallest absolute Gasteiger partial charge is 0.120 e. The average molecular weight is 247 g/mol. The van der Waals surface area contributed by atoms with Gasteiger partial charge in [0.2, 0.25) is 0 Å². The molecule has 3 atom stereocenters. The van der Waals surface area contributed by atoms with Crippen LogP contribution in [0.4, 0.5) is 0 Å². The number of phenolic OH excluding ortho intramolecular Hbond substituents is 1. The third-order valence-corrected chi connectivity index (χ3v) is 4.02. The zero-order chi connectivity index (χ0) is 13.1. The SMILES string of the molecule is CCC(c1ccccc1O)N1CC(C)CC(C)C1. The number of hydrogen-bond donors (Lipinski definition) is 1. The van der Waals surface area contributed by atoms with Crippen LogP contribution in [0.3, 0.4) is 0 Å². The minimum absolute atomic E-state index is 0.358. The van der Waals surface area contributed by atoms with Gasteiger partial charge in [-0.2, -0.15) is 0 Å². The number of rotatable bonds is 3. The lowest BCUT2D eigenvalue weighted by Gasteiger charge is -2.40. The van der Waals surface area contributed by atoms with E-state index in [0.29, 0.717) is 11.8 Å². The van der Waals surface area contributed by atoms with E-state index in [1.165, 1.54) is 6.42 Å². The van der Waals surface area contributed by atoms with Crippen LogP contribution >= 0.6 is 0 Å². The summed E-state index contributed by atoms with van der Waals surface area (Å²) >= 11 is 0. The van der Waals surface area contributed by atoms with Gasteiger partial charge in [-0.15, -0.1) is 0 Å². The number of nitrogens with zero attached hydrogens (tertiary/aromatic N) is 1. The van der Waals surface area contributed by atoms with Gasteiger partial charge < -0.3 is 5.11 Å². The van der Waals surface area contributed by atoms with Crippen molar-refractivity contribution in [2.24, 2.45) is 11.8 Å². The Morgan fingerprint density at radius 3 is 2.39 bits per heavy atom. The molecule has 0 saturated carbocycles. The molecule has 100 valence electrons. The van der Waals surface area contributed by atoms with Crippen LogP contribution in [0, 0.1) is 11.8 Å². The summed E-state index contributed by atoms with van der Waals surface area (Å²) in [6.45, 7) is 9.18. The molecule has 1 N–H and O–H groups in total. The van der Waals surface area contributed by atoms with Gasteiger partial charge in [0, 0.05) is 24.7 Å². The summed E-state index contributed by atoms with van der Waals surface area (Å²) in [5.41, 5.74) is 1.08. The molecule has 1 saturated heterocycles. The molecule has 0 spiro atoms. The first kappa shape index (κ1) is 13.4. The molecule has 1 aromatic rings. The van der Waals surface area contributed by atoms with Crippen molar-refractivity contribution in [1.82, 2.24) is 4.90 Å². The fraction of sp³-hybridized carbons (Fsp3) is 0.625. The van der Waals surface area contributed by atoms with Crippen LogP contribution in [0.25, 0.3) is 0 Å². The summed E-state index contributed by atoms with van der Waals surface area (Å²) in [5.74, 6) is 1.96. The highest BCUT2D eigenvalue weighted by Gasteiger charge is 2.28. The number of phenols is 1. The average Bonchev–Trinajstić information content (AvgIpc) is 2.31. The molecule has 0 aromatic heterocycles. The first-order valence-corrected chi connectivity index (χ1v) is 7.13. The molecule has 0 amide bonds. The van der Waals surface area contributed by atoms with Crippen LogP contribution in [0.5, 0.6) is 5.75 Å². The quantitative estimate of drug-likeness (QED) is 0.877. The molecule has 2 nitrogen and oxygen atoms in total. The second kappa shape index (κ2) is 5.75. The van der Waals surface area contributed by atoms with E-state index in [4.69, 9.17) is 0 Å². The van der Waals surface area contributed by atoms with Crippen LogP contribution in [-0.4, -0.2) is 23.1 Å². The molecule has 1 aliphatic rings. The fourth-order valence-electron chi connectivity index (χ4n) is 3.41. The van der Waals surface area contributed by atoms with Crippen molar-refractivity contribution in [3.8, 4) is 5.75 Å². The Kier molecular flexibility index (Phi) is 4.28. The maximum absolute atomic E-state index is 10.0. The first-order chi connectivity index (χ1) is 8.61. The van der Waals surface area contributed by atoms with Gasteiger partial charge in [-0.05, 0) is 30.7 Å². The van der Waals surface area contributed by atoms with Gasteiger partial charge in [-0.3, -0.25) is 4.90 Å². The predicted molar refractivity (Wildman–Crippen MR) is 75.7 cm³/mol. The fourth-order valence-corrected chi connectivity index (χ4v) is 3.41. The summed E-state index contributed by atoms with van der Waals surface area (Å²) in [6, 6.07) is 8.14. The van der Waals surface area contributed by atoms with E-state index in [1.807, 2.05) is 12.1 Å². The molecule has 0 bridgehead atoms. The number of likely N-dealkylation sites (tertiary alicyclic amines) is 1. The monoisotopic (exact) mass is 247 g/mol. The molecule has 2 rings (SSSR count). The lowest BCUT2D eigenvalue weighted by molar-refractivity contribution is 0.0916. The van der Waals surface area contributed by atoms with Gasteiger partial charge in [0.1, 0.15) is 5.75 Å². The first-order valence-electron chi connectivity index (χ1n) is 7.13. The third-order valence-electron chi connectivity index (χ3n) is 4.02. The van der Waals surface area contributed by atoms with Crippen molar-refractivity contribution in [3.05, 3.63) is 29.8 Å². The van der Waals surface area contributed by atoms with Gasteiger partial charge in [0.15, 0.2) is 0 Å². The van der Waals surface area contributed by atoms with Crippen LogP contribution < -0.4 is 0 Å². The van der Waals surface area contributed by atoms with E-state index >= 15 is 0 Å². The van der Waals surface area contributed by atoms with E-state index in [-0.39, 0.29) is 0 Å². The van der Waals surface area contributed by atoms with Crippen molar-refractivity contribution in [1.29, 1.82) is 0 Å². The van der Waals surface area contributed by atoms with E-state index in [0.717, 1.165) is 36.9 Å². The molecular formula is C16H25NO. The summed E-state index contributed by atoms with van der Waals surface area (Å²) in [6.07, 6.45) is 2.38. The summed E-state index contributed by atoms with van der Waals surface area (Å²) in [5, 5.41) is 10.0. The lowest BCUT2D eigenvalue weighted by atomic mass is 9.89. The number of benzene rings is 1. The Morgan fingerprint density at radius 2 is 1.83 bits per heavy atom. The summed E-state index contributed by atoms with van der Waals surface area (Å²) < 4.78 is 0. The topological polar surface area (TPSA) is 23.5 Å². The highest BCUT2D eigenvalue weighted by atomic mass is 16.3. The Balaban J connectivity index is 2.20.